The highest BCUT2D eigenvalue weighted by Gasteiger charge is 2.32. The zero-order valence-corrected chi connectivity index (χ0v) is 15.0. The van der Waals surface area contributed by atoms with Gasteiger partial charge in [-0.15, -0.1) is 0 Å². The number of rotatable bonds is 4. The molecule has 2 aliphatic rings. The number of carbonyl (C=O) groups excluding carboxylic acids is 2. The monoisotopic (exact) mass is 328 g/mol. The lowest BCUT2D eigenvalue weighted by Crippen LogP contribution is -2.48. The summed E-state index contributed by atoms with van der Waals surface area (Å²) in [4.78, 5) is 25.4. The van der Waals surface area contributed by atoms with E-state index in [9.17, 15) is 9.59 Å². The standard InChI is InChI=1S/C20H28N2O2/c1-20(2,3)16-6-4-14(5-7-16)15-12-22(13-15)19(24)11-9-17-8-10-18(23)21-17/h4-7,15,17H,8-13H2,1-3H3,(H,21,23). The Balaban J connectivity index is 1.45. The Morgan fingerprint density at radius 3 is 2.42 bits per heavy atom. The van der Waals surface area contributed by atoms with Crippen LogP contribution in [0.1, 0.15) is 63.5 Å². The van der Waals surface area contributed by atoms with Gasteiger partial charge in [0.2, 0.25) is 11.8 Å². The van der Waals surface area contributed by atoms with Gasteiger partial charge in [-0.25, -0.2) is 0 Å². The highest BCUT2D eigenvalue weighted by atomic mass is 16.2. The van der Waals surface area contributed by atoms with E-state index in [-0.39, 0.29) is 23.3 Å². The molecule has 2 aliphatic heterocycles. The van der Waals surface area contributed by atoms with Crippen molar-refractivity contribution in [2.24, 2.45) is 0 Å². The van der Waals surface area contributed by atoms with Crippen LogP contribution in [0.15, 0.2) is 24.3 Å². The highest BCUT2D eigenvalue weighted by Crippen LogP contribution is 2.30. The SMILES string of the molecule is CC(C)(C)c1ccc(C2CN(C(=O)CCC3CCC(=O)N3)C2)cc1. The minimum Gasteiger partial charge on any atom is -0.353 e. The Morgan fingerprint density at radius 1 is 1.21 bits per heavy atom. The van der Waals surface area contributed by atoms with Gasteiger partial charge in [-0.3, -0.25) is 9.59 Å². The fourth-order valence-electron chi connectivity index (χ4n) is 3.50. The summed E-state index contributed by atoms with van der Waals surface area (Å²) in [5.74, 6) is 0.808. The van der Waals surface area contributed by atoms with Crippen molar-refractivity contribution in [3.63, 3.8) is 0 Å². The van der Waals surface area contributed by atoms with E-state index in [0.717, 1.165) is 25.9 Å². The Kier molecular flexibility index (Phi) is 4.66. The minimum absolute atomic E-state index is 0.121. The van der Waals surface area contributed by atoms with Crippen LogP contribution in [0.5, 0.6) is 0 Å². The van der Waals surface area contributed by atoms with Crippen molar-refractivity contribution < 1.29 is 9.59 Å². The van der Waals surface area contributed by atoms with Crippen molar-refractivity contribution in [2.75, 3.05) is 13.1 Å². The third-order valence-corrected chi connectivity index (χ3v) is 5.27. The molecule has 1 N–H and O–H groups in total. The fraction of sp³-hybridized carbons (Fsp3) is 0.600. The van der Waals surface area contributed by atoms with Crippen molar-refractivity contribution >= 4 is 11.8 Å². The molecule has 2 fully saturated rings. The van der Waals surface area contributed by atoms with Crippen molar-refractivity contribution in [3.8, 4) is 0 Å². The maximum absolute atomic E-state index is 12.2. The first kappa shape index (κ1) is 17.0. The topological polar surface area (TPSA) is 49.4 Å². The first-order valence-electron chi connectivity index (χ1n) is 9.00. The second-order valence-electron chi connectivity index (χ2n) is 8.21. The summed E-state index contributed by atoms with van der Waals surface area (Å²) in [7, 11) is 0. The predicted octanol–water partition coefficient (Wildman–Crippen LogP) is 2.97. The van der Waals surface area contributed by atoms with E-state index in [0.29, 0.717) is 18.8 Å². The summed E-state index contributed by atoms with van der Waals surface area (Å²) < 4.78 is 0. The zero-order chi connectivity index (χ0) is 17.3. The van der Waals surface area contributed by atoms with Gasteiger partial charge in [0.15, 0.2) is 0 Å². The molecule has 4 nitrogen and oxygen atoms in total. The molecule has 3 rings (SSSR count). The van der Waals surface area contributed by atoms with Crippen LogP contribution < -0.4 is 5.32 Å². The van der Waals surface area contributed by atoms with Gasteiger partial charge in [0.05, 0.1) is 0 Å². The van der Waals surface area contributed by atoms with Crippen LogP contribution in [0.2, 0.25) is 0 Å². The van der Waals surface area contributed by atoms with Gasteiger partial charge in [0, 0.05) is 37.9 Å². The Hall–Kier alpha value is -1.84. The third-order valence-electron chi connectivity index (χ3n) is 5.27. The predicted molar refractivity (Wildman–Crippen MR) is 94.9 cm³/mol. The summed E-state index contributed by atoms with van der Waals surface area (Å²) in [5.41, 5.74) is 2.85. The molecule has 0 spiro atoms. The van der Waals surface area contributed by atoms with Crippen LogP contribution in [0, 0.1) is 0 Å². The third kappa shape index (κ3) is 3.80. The van der Waals surface area contributed by atoms with Crippen LogP contribution >= 0.6 is 0 Å². The van der Waals surface area contributed by atoms with Crippen LogP contribution in [0.25, 0.3) is 0 Å². The lowest BCUT2D eigenvalue weighted by molar-refractivity contribution is -0.136. The molecule has 0 radical (unpaired) electrons. The number of nitrogens with zero attached hydrogens (tertiary/aromatic N) is 1. The average Bonchev–Trinajstić information content (AvgIpc) is 2.89. The van der Waals surface area contributed by atoms with Crippen LogP contribution in [-0.4, -0.2) is 35.8 Å². The summed E-state index contributed by atoms with van der Waals surface area (Å²) >= 11 is 0. The lowest BCUT2D eigenvalue weighted by Gasteiger charge is -2.40. The second-order valence-corrected chi connectivity index (χ2v) is 8.21. The summed E-state index contributed by atoms with van der Waals surface area (Å²) in [5, 5.41) is 2.93. The average molecular weight is 328 g/mol. The minimum atomic E-state index is 0.121. The smallest absolute Gasteiger partial charge is 0.222 e. The van der Waals surface area contributed by atoms with Gasteiger partial charge in [0.1, 0.15) is 0 Å². The molecule has 0 bridgehead atoms. The molecule has 0 aliphatic carbocycles. The van der Waals surface area contributed by atoms with Crippen LogP contribution in [0.3, 0.4) is 0 Å². The molecule has 4 heteroatoms. The Labute approximate surface area is 144 Å². The maximum atomic E-state index is 12.2. The van der Waals surface area contributed by atoms with Gasteiger partial charge < -0.3 is 10.2 Å². The lowest BCUT2D eigenvalue weighted by atomic mass is 9.84. The van der Waals surface area contributed by atoms with Crippen molar-refractivity contribution in [2.45, 2.75) is 63.8 Å². The molecule has 130 valence electrons. The van der Waals surface area contributed by atoms with Gasteiger partial charge in [0.25, 0.3) is 0 Å². The molecule has 1 aromatic rings. The van der Waals surface area contributed by atoms with Crippen molar-refractivity contribution in [1.82, 2.24) is 10.2 Å². The molecule has 1 atom stereocenters. The van der Waals surface area contributed by atoms with E-state index >= 15 is 0 Å². The van der Waals surface area contributed by atoms with Crippen molar-refractivity contribution in [1.29, 1.82) is 0 Å². The zero-order valence-electron chi connectivity index (χ0n) is 15.0. The van der Waals surface area contributed by atoms with E-state index in [4.69, 9.17) is 0 Å². The number of hydrogen-bond acceptors (Lipinski definition) is 2. The molecule has 0 saturated carbocycles. The number of hydrogen-bond donors (Lipinski definition) is 1. The van der Waals surface area contributed by atoms with E-state index in [1.165, 1.54) is 11.1 Å². The molecule has 1 unspecified atom stereocenters. The summed E-state index contributed by atoms with van der Waals surface area (Å²) in [6.45, 7) is 8.31. The molecular weight excluding hydrogens is 300 g/mol. The van der Waals surface area contributed by atoms with E-state index < -0.39 is 0 Å². The van der Waals surface area contributed by atoms with Crippen LogP contribution in [0.4, 0.5) is 0 Å². The highest BCUT2D eigenvalue weighted by molar-refractivity contribution is 5.79. The molecule has 2 saturated heterocycles. The molecule has 24 heavy (non-hydrogen) atoms. The molecule has 1 aromatic carbocycles. The van der Waals surface area contributed by atoms with Crippen LogP contribution in [-0.2, 0) is 15.0 Å². The van der Waals surface area contributed by atoms with Crippen molar-refractivity contribution in [3.05, 3.63) is 35.4 Å². The quantitative estimate of drug-likeness (QED) is 0.924. The first-order chi connectivity index (χ1) is 11.3. The number of nitrogens with one attached hydrogen (secondary N) is 1. The van der Waals surface area contributed by atoms with E-state index in [1.807, 2.05) is 4.90 Å². The summed E-state index contributed by atoms with van der Waals surface area (Å²) in [6.07, 6.45) is 2.79. The molecule has 0 aromatic heterocycles. The normalized spacial score (nSPS) is 21.5. The van der Waals surface area contributed by atoms with Gasteiger partial charge >= 0.3 is 0 Å². The first-order valence-corrected chi connectivity index (χ1v) is 9.00. The second kappa shape index (κ2) is 6.58. The largest absolute Gasteiger partial charge is 0.353 e. The number of likely N-dealkylation sites (tertiary alicyclic amines) is 1. The molecule has 2 heterocycles. The van der Waals surface area contributed by atoms with E-state index in [1.54, 1.807) is 0 Å². The Morgan fingerprint density at radius 2 is 1.88 bits per heavy atom. The van der Waals surface area contributed by atoms with Gasteiger partial charge in [-0.05, 0) is 29.4 Å². The van der Waals surface area contributed by atoms with Gasteiger partial charge in [-0.1, -0.05) is 45.0 Å². The maximum Gasteiger partial charge on any atom is 0.222 e. The molecular formula is C20H28N2O2. The molecule has 2 amide bonds. The fourth-order valence-corrected chi connectivity index (χ4v) is 3.50. The number of amides is 2. The Bertz CT molecular complexity index is 610. The van der Waals surface area contributed by atoms with E-state index in [2.05, 4.69) is 50.4 Å². The number of benzene rings is 1. The van der Waals surface area contributed by atoms with Gasteiger partial charge in [-0.2, -0.15) is 0 Å². The number of carbonyl (C=O) groups is 2. The summed E-state index contributed by atoms with van der Waals surface area (Å²) in [6, 6.07) is 9.04.